The van der Waals surface area contributed by atoms with E-state index in [9.17, 15) is 14.4 Å². The maximum atomic E-state index is 12.0. The second-order valence-electron chi connectivity index (χ2n) is 6.57. The van der Waals surface area contributed by atoms with Crippen molar-refractivity contribution in [3.63, 3.8) is 0 Å². The Kier molecular flexibility index (Phi) is 9.52. The van der Waals surface area contributed by atoms with E-state index in [2.05, 4.69) is 5.32 Å². The van der Waals surface area contributed by atoms with Crippen molar-refractivity contribution in [3.05, 3.63) is 0 Å². The molecule has 0 saturated carbocycles. The molecule has 0 aromatic heterocycles. The van der Waals surface area contributed by atoms with Crippen LogP contribution in [0.1, 0.15) is 55.9 Å². The van der Waals surface area contributed by atoms with Gasteiger partial charge in [-0.15, -0.1) is 0 Å². The van der Waals surface area contributed by atoms with E-state index in [1.165, 1.54) is 6.92 Å². The largest absolute Gasteiger partial charge is 0.444 e. The van der Waals surface area contributed by atoms with E-state index < -0.39 is 23.4 Å². The fraction of sp³-hybridized carbons (Fsp3) is 0.800. The smallest absolute Gasteiger partial charge is 0.442 e. The molecular formula is C15H30N2O6. The topological polar surface area (TPSA) is 94.2 Å². The fourth-order valence-corrected chi connectivity index (χ4v) is 1.15. The van der Waals surface area contributed by atoms with Crippen molar-refractivity contribution in [3.8, 4) is 0 Å². The first-order valence-electron chi connectivity index (χ1n) is 6.95. The van der Waals surface area contributed by atoms with Crippen molar-refractivity contribution in [2.45, 2.75) is 67.1 Å². The molecule has 0 heterocycles. The first-order chi connectivity index (χ1) is 9.82. The quantitative estimate of drug-likeness (QED) is 0.627. The zero-order valence-electron chi connectivity index (χ0n) is 14.3. The van der Waals surface area contributed by atoms with Gasteiger partial charge in [-0.2, -0.15) is 0 Å². The van der Waals surface area contributed by atoms with Gasteiger partial charge in [-0.25, -0.2) is 9.59 Å². The summed E-state index contributed by atoms with van der Waals surface area (Å²) in [4.78, 5) is 39.9. The van der Waals surface area contributed by atoms with Gasteiger partial charge < -0.3 is 14.8 Å². The van der Waals surface area contributed by atoms with E-state index in [-0.39, 0.29) is 26.5 Å². The standard InChI is InChI=1S/C14H26N2O6.CH4/c1-10(17)15-8-9-20-16(11(18)21-13(2,3)4)12(19)22-14(5,6)7;/h8-9H2,1-7H3,(H,15,17);1H4. The molecule has 136 valence electrons. The van der Waals surface area contributed by atoms with E-state index in [1.54, 1.807) is 41.5 Å². The Morgan fingerprint density at radius 1 is 0.913 bits per heavy atom. The van der Waals surface area contributed by atoms with Gasteiger partial charge in [0.05, 0.1) is 6.61 Å². The molecule has 0 aliphatic carbocycles. The molecule has 0 bridgehead atoms. The number of ether oxygens (including phenoxy) is 2. The summed E-state index contributed by atoms with van der Waals surface area (Å²) in [7, 11) is 0. The minimum atomic E-state index is -0.982. The molecule has 0 fully saturated rings. The molecule has 23 heavy (non-hydrogen) atoms. The van der Waals surface area contributed by atoms with E-state index in [0.717, 1.165) is 0 Å². The van der Waals surface area contributed by atoms with Crippen molar-refractivity contribution in [2.24, 2.45) is 0 Å². The lowest BCUT2D eigenvalue weighted by Crippen LogP contribution is -2.44. The number of hydrogen-bond donors (Lipinski definition) is 1. The molecular weight excluding hydrogens is 304 g/mol. The predicted molar refractivity (Wildman–Crippen MR) is 85.7 cm³/mol. The number of carbonyl (C=O) groups is 3. The van der Waals surface area contributed by atoms with Crippen LogP contribution in [-0.4, -0.2) is 47.5 Å². The predicted octanol–water partition coefficient (Wildman–Crippen LogP) is 2.86. The lowest BCUT2D eigenvalue weighted by Gasteiger charge is -2.27. The van der Waals surface area contributed by atoms with Gasteiger partial charge in [0.25, 0.3) is 0 Å². The Balaban J connectivity index is 0. The van der Waals surface area contributed by atoms with Gasteiger partial charge in [0.2, 0.25) is 5.91 Å². The molecule has 0 aromatic rings. The summed E-state index contributed by atoms with van der Waals surface area (Å²) in [5, 5.41) is 2.90. The monoisotopic (exact) mass is 334 g/mol. The van der Waals surface area contributed by atoms with Gasteiger partial charge in [0.1, 0.15) is 11.2 Å². The van der Waals surface area contributed by atoms with Crippen LogP contribution in [0.15, 0.2) is 0 Å². The number of nitrogens with zero attached hydrogens (tertiary/aromatic N) is 1. The fourth-order valence-electron chi connectivity index (χ4n) is 1.15. The second kappa shape index (κ2) is 9.34. The highest BCUT2D eigenvalue weighted by Crippen LogP contribution is 2.14. The molecule has 0 aliphatic rings. The highest BCUT2D eigenvalue weighted by molar-refractivity contribution is 5.86. The Bertz CT molecular complexity index is 381. The Labute approximate surface area is 138 Å². The van der Waals surface area contributed by atoms with Crippen molar-refractivity contribution in [1.82, 2.24) is 10.4 Å². The summed E-state index contributed by atoms with van der Waals surface area (Å²) < 4.78 is 10.2. The number of hydrogen-bond acceptors (Lipinski definition) is 6. The molecule has 1 N–H and O–H groups in total. The maximum Gasteiger partial charge on any atom is 0.444 e. The van der Waals surface area contributed by atoms with Crippen LogP contribution < -0.4 is 5.32 Å². The van der Waals surface area contributed by atoms with Gasteiger partial charge in [-0.3, -0.25) is 9.63 Å². The van der Waals surface area contributed by atoms with Gasteiger partial charge in [0, 0.05) is 13.5 Å². The van der Waals surface area contributed by atoms with Crippen LogP contribution in [0.25, 0.3) is 0 Å². The number of nitrogens with one attached hydrogen (secondary N) is 1. The van der Waals surface area contributed by atoms with E-state index >= 15 is 0 Å². The highest BCUT2D eigenvalue weighted by Gasteiger charge is 2.32. The number of amides is 3. The first-order valence-corrected chi connectivity index (χ1v) is 6.95. The summed E-state index contributed by atoms with van der Waals surface area (Å²) in [5.74, 6) is -0.246. The van der Waals surface area contributed by atoms with Crippen LogP contribution in [0.2, 0.25) is 0 Å². The zero-order chi connectivity index (χ0) is 17.6. The average Bonchev–Trinajstić information content (AvgIpc) is 2.22. The minimum Gasteiger partial charge on any atom is -0.442 e. The second-order valence-corrected chi connectivity index (χ2v) is 6.57. The normalized spacial score (nSPS) is 11.1. The molecule has 0 unspecified atom stereocenters. The highest BCUT2D eigenvalue weighted by atomic mass is 16.8. The lowest BCUT2D eigenvalue weighted by atomic mass is 10.2. The van der Waals surface area contributed by atoms with Crippen molar-refractivity contribution in [2.75, 3.05) is 13.2 Å². The maximum absolute atomic E-state index is 12.0. The van der Waals surface area contributed by atoms with Crippen molar-refractivity contribution >= 4 is 18.1 Å². The van der Waals surface area contributed by atoms with Gasteiger partial charge in [-0.1, -0.05) is 12.5 Å². The molecule has 0 radical (unpaired) electrons. The Morgan fingerprint density at radius 3 is 1.61 bits per heavy atom. The summed E-state index contributed by atoms with van der Waals surface area (Å²) in [6.07, 6.45) is -1.96. The van der Waals surface area contributed by atoms with Crippen molar-refractivity contribution in [1.29, 1.82) is 0 Å². The van der Waals surface area contributed by atoms with Gasteiger partial charge in [-0.05, 0) is 41.5 Å². The minimum absolute atomic E-state index is 0. The SMILES string of the molecule is C.CC(=O)NCCON(C(=O)OC(C)(C)C)C(=O)OC(C)(C)C. The molecule has 0 aromatic carbocycles. The van der Waals surface area contributed by atoms with Crippen LogP contribution in [-0.2, 0) is 19.1 Å². The van der Waals surface area contributed by atoms with E-state index in [4.69, 9.17) is 14.3 Å². The third-order valence-corrected chi connectivity index (χ3v) is 1.82. The van der Waals surface area contributed by atoms with E-state index in [1.807, 2.05) is 0 Å². The number of imide groups is 1. The Morgan fingerprint density at radius 2 is 1.30 bits per heavy atom. The number of hydroxylamine groups is 2. The molecule has 3 amide bonds. The number of rotatable bonds is 4. The third kappa shape index (κ3) is 12.4. The molecule has 0 saturated heterocycles. The van der Waals surface area contributed by atoms with Crippen LogP contribution in [0.3, 0.4) is 0 Å². The zero-order valence-corrected chi connectivity index (χ0v) is 14.3. The number of carbonyl (C=O) groups excluding carboxylic acids is 3. The van der Waals surface area contributed by atoms with Crippen LogP contribution >= 0.6 is 0 Å². The van der Waals surface area contributed by atoms with Crippen molar-refractivity contribution < 1.29 is 28.7 Å². The molecule has 8 nitrogen and oxygen atoms in total. The van der Waals surface area contributed by atoms with Crippen LogP contribution in [0.5, 0.6) is 0 Å². The van der Waals surface area contributed by atoms with Gasteiger partial charge >= 0.3 is 12.2 Å². The van der Waals surface area contributed by atoms with Crippen LogP contribution in [0, 0.1) is 0 Å². The molecule has 8 heteroatoms. The van der Waals surface area contributed by atoms with E-state index in [0.29, 0.717) is 5.06 Å². The Hall–Kier alpha value is -1.83. The van der Waals surface area contributed by atoms with Gasteiger partial charge in [0.15, 0.2) is 0 Å². The molecule has 0 atom stereocenters. The first kappa shape index (κ1) is 23.4. The molecule has 0 spiro atoms. The third-order valence-electron chi connectivity index (χ3n) is 1.82. The summed E-state index contributed by atoms with van der Waals surface area (Å²) in [5.41, 5.74) is -1.59. The summed E-state index contributed by atoms with van der Waals surface area (Å²) >= 11 is 0. The summed E-state index contributed by atoms with van der Waals surface area (Å²) in [6, 6.07) is 0. The summed E-state index contributed by atoms with van der Waals surface area (Å²) in [6.45, 7) is 11.4. The van der Waals surface area contributed by atoms with Crippen LogP contribution in [0.4, 0.5) is 9.59 Å². The molecule has 0 aliphatic heterocycles. The average molecular weight is 334 g/mol. The lowest BCUT2D eigenvalue weighted by molar-refractivity contribution is -0.138. The molecule has 0 rings (SSSR count).